The highest BCUT2D eigenvalue weighted by Crippen LogP contribution is 2.24. The maximum Gasteiger partial charge on any atom is 0.240 e. The fraction of sp³-hybridized carbons (Fsp3) is 0.111. The summed E-state index contributed by atoms with van der Waals surface area (Å²) >= 11 is 6.16. The van der Waals surface area contributed by atoms with Crippen LogP contribution in [0.4, 0.5) is 0 Å². The van der Waals surface area contributed by atoms with E-state index < -0.39 is 0 Å². The molecule has 0 atom stereocenters. The molecule has 4 aromatic rings. The van der Waals surface area contributed by atoms with Crippen LogP contribution in [0.5, 0.6) is 0 Å². The van der Waals surface area contributed by atoms with Gasteiger partial charge in [-0.1, -0.05) is 29.8 Å². The number of carbonyl (C=O) groups excluding carboxylic acids is 1. The summed E-state index contributed by atoms with van der Waals surface area (Å²) in [5.41, 5.74) is 2.81. The minimum absolute atomic E-state index is 0.0760. The van der Waals surface area contributed by atoms with Crippen LogP contribution in [0.15, 0.2) is 54.7 Å². The summed E-state index contributed by atoms with van der Waals surface area (Å²) in [4.78, 5) is 19.9. The van der Waals surface area contributed by atoms with Crippen molar-refractivity contribution in [1.29, 1.82) is 0 Å². The summed E-state index contributed by atoms with van der Waals surface area (Å²) in [6, 6.07) is 15.4. The molecule has 0 bridgehead atoms. The fourth-order valence-electron chi connectivity index (χ4n) is 2.81. The number of para-hydroxylation sites is 2. The van der Waals surface area contributed by atoms with Crippen molar-refractivity contribution in [3.05, 3.63) is 65.6 Å². The lowest BCUT2D eigenvalue weighted by Gasteiger charge is -2.06. The highest BCUT2D eigenvalue weighted by Gasteiger charge is 2.09. The van der Waals surface area contributed by atoms with Gasteiger partial charge >= 0.3 is 0 Å². The van der Waals surface area contributed by atoms with Gasteiger partial charge in [0, 0.05) is 22.1 Å². The molecule has 0 unspecified atom stereocenters. The zero-order chi connectivity index (χ0) is 16.5. The first kappa shape index (κ1) is 14.8. The Morgan fingerprint density at radius 2 is 2.04 bits per heavy atom. The quantitative estimate of drug-likeness (QED) is 0.598. The summed E-state index contributed by atoms with van der Waals surface area (Å²) < 4.78 is 1.88. The van der Waals surface area contributed by atoms with Gasteiger partial charge in [0.05, 0.1) is 17.6 Å². The number of rotatable bonds is 4. The van der Waals surface area contributed by atoms with Gasteiger partial charge in [0.15, 0.2) is 0 Å². The maximum atomic E-state index is 12.2. The first-order chi connectivity index (χ1) is 11.7. The van der Waals surface area contributed by atoms with E-state index in [4.69, 9.17) is 11.6 Å². The third-order valence-electron chi connectivity index (χ3n) is 3.97. The van der Waals surface area contributed by atoms with E-state index in [0.29, 0.717) is 11.6 Å². The molecule has 120 valence electrons. The van der Waals surface area contributed by atoms with Crippen LogP contribution in [0, 0.1) is 0 Å². The Balaban J connectivity index is 1.45. The monoisotopic (exact) mass is 338 g/mol. The van der Waals surface area contributed by atoms with Gasteiger partial charge in [-0.25, -0.2) is 4.98 Å². The minimum atomic E-state index is -0.0760. The molecular formula is C18H15ClN4O. The number of amides is 1. The van der Waals surface area contributed by atoms with Crippen molar-refractivity contribution in [1.82, 2.24) is 19.9 Å². The van der Waals surface area contributed by atoms with Crippen LogP contribution in [0.2, 0.25) is 5.02 Å². The van der Waals surface area contributed by atoms with Crippen molar-refractivity contribution in [2.24, 2.45) is 0 Å². The second-order valence-corrected chi connectivity index (χ2v) is 6.00. The molecule has 0 aliphatic heterocycles. The summed E-state index contributed by atoms with van der Waals surface area (Å²) in [6.07, 6.45) is 1.87. The van der Waals surface area contributed by atoms with Gasteiger partial charge in [0.1, 0.15) is 12.4 Å². The molecule has 2 aromatic carbocycles. The zero-order valence-corrected chi connectivity index (χ0v) is 13.5. The number of benzene rings is 2. The van der Waals surface area contributed by atoms with Crippen molar-refractivity contribution in [2.45, 2.75) is 13.1 Å². The van der Waals surface area contributed by atoms with E-state index in [0.717, 1.165) is 27.8 Å². The van der Waals surface area contributed by atoms with E-state index in [1.54, 1.807) is 0 Å². The molecule has 4 rings (SSSR count). The number of carbonyl (C=O) groups is 1. The number of halogens is 1. The number of hydrogen-bond acceptors (Lipinski definition) is 2. The molecule has 1 amide bonds. The lowest BCUT2D eigenvalue weighted by Crippen LogP contribution is -2.27. The van der Waals surface area contributed by atoms with Crippen molar-refractivity contribution < 1.29 is 4.79 Å². The molecule has 2 N–H and O–H groups in total. The molecule has 2 aromatic heterocycles. The number of imidazole rings is 1. The second-order valence-electron chi connectivity index (χ2n) is 5.59. The molecule has 0 aliphatic rings. The highest BCUT2D eigenvalue weighted by molar-refractivity contribution is 6.35. The van der Waals surface area contributed by atoms with Gasteiger partial charge in [-0.2, -0.15) is 0 Å². The molecule has 0 saturated heterocycles. The molecule has 0 aliphatic carbocycles. The van der Waals surface area contributed by atoms with Gasteiger partial charge in [-0.15, -0.1) is 0 Å². The Labute approximate surface area is 143 Å². The predicted octanol–water partition coefficient (Wildman–Crippen LogP) is 3.49. The highest BCUT2D eigenvalue weighted by atomic mass is 35.5. The Hall–Kier alpha value is -2.79. The molecule has 5 nitrogen and oxygen atoms in total. The number of nitrogens with one attached hydrogen (secondary N) is 2. The third kappa shape index (κ3) is 2.74. The summed E-state index contributed by atoms with van der Waals surface area (Å²) in [5, 5.41) is 4.53. The zero-order valence-electron chi connectivity index (χ0n) is 12.8. The Bertz CT molecular complexity index is 1000. The summed E-state index contributed by atoms with van der Waals surface area (Å²) in [5.74, 6) is 0.665. The standard InChI is InChI=1S/C18H15ClN4O/c19-13-4-3-7-16-12(13)8-9-23(16)11-18(24)20-10-17-21-14-5-1-2-6-15(14)22-17/h1-9H,10-11H2,(H,20,24)(H,21,22). The number of H-pyrrole nitrogens is 1. The van der Waals surface area contributed by atoms with Crippen LogP contribution >= 0.6 is 11.6 Å². The Morgan fingerprint density at radius 3 is 2.92 bits per heavy atom. The van der Waals surface area contributed by atoms with E-state index in [1.807, 2.05) is 59.3 Å². The van der Waals surface area contributed by atoms with E-state index >= 15 is 0 Å². The summed E-state index contributed by atoms with van der Waals surface area (Å²) in [6.45, 7) is 0.609. The first-order valence-electron chi connectivity index (χ1n) is 7.64. The fourth-order valence-corrected chi connectivity index (χ4v) is 3.04. The lowest BCUT2D eigenvalue weighted by molar-refractivity contribution is -0.121. The molecular weight excluding hydrogens is 324 g/mol. The van der Waals surface area contributed by atoms with E-state index in [-0.39, 0.29) is 12.5 Å². The molecule has 0 radical (unpaired) electrons. The number of fused-ring (bicyclic) bond motifs is 2. The van der Waals surface area contributed by atoms with Crippen LogP contribution in [-0.4, -0.2) is 20.4 Å². The van der Waals surface area contributed by atoms with E-state index in [1.165, 1.54) is 0 Å². The van der Waals surface area contributed by atoms with E-state index in [9.17, 15) is 4.79 Å². The molecule has 0 fully saturated rings. The number of aromatic amines is 1. The largest absolute Gasteiger partial charge is 0.347 e. The Morgan fingerprint density at radius 1 is 1.17 bits per heavy atom. The van der Waals surface area contributed by atoms with Crippen LogP contribution in [0.1, 0.15) is 5.82 Å². The van der Waals surface area contributed by atoms with Gasteiger partial charge in [0.2, 0.25) is 5.91 Å². The van der Waals surface area contributed by atoms with Crippen molar-refractivity contribution in [3.63, 3.8) is 0 Å². The normalized spacial score (nSPS) is 11.2. The SMILES string of the molecule is O=C(Cn1ccc2c(Cl)cccc21)NCc1nc2ccccc2[nH]1. The number of aromatic nitrogens is 3. The average Bonchev–Trinajstić information content (AvgIpc) is 3.18. The Kier molecular flexibility index (Phi) is 3.70. The van der Waals surface area contributed by atoms with Gasteiger partial charge in [-0.05, 0) is 30.3 Å². The van der Waals surface area contributed by atoms with Crippen LogP contribution in [0.25, 0.3) is 21.9 Å². The van der Waals surface area contributed by atoms with Crippen molar-refractivity contribution in [3.8, 4) is 0 Å². The van der Waals surface area contributed by atoms with Crippen LogP contribution < -0.4 is 5.32 Å². The average molecular weight is 339 g/mol. The van der Waals surface area contributed by atoms with Gasteiger partial charge in [-0.3, -0.25) is 4.79 Å². The van der Waals surface area contributed by atoms with Crippen LogP contribution in [-0.2, 0) is 17.9 Å². The third-order valence-corrected chi connectivity index (χ3v) is 4.30. The molecule has 2 heterocycles. The molecule has 0 saturated carbocycles. The number of nitrogens with zero attached hydrogens (tertiary/aromatic N) is 2. The smallest absolute Gasteiger partial charge is 0.240 e. The minimum Gasteiger partial charge on any atom is -0.347 e. The maximum absolute atomic E-state index is 12.2. The van der Waals surface area contributed by atoms with Crippen LogP contribution in [0.3, 0.4) is 0 Å². The van der Waals surface area contributed by atoms with E-state index in [2.05, 4.69) is 15.3 Å². The van der Waals surface area contributed by atoms with Crippen molar-refractivity contribution in [2.75, 3.05) is 0 Å². The second kappa shape index (κ2) is 6.02. The molecule has 24 heavy (non-hydrogen) atoms. The van der Waals surface area contributed by atoms with Gasteiger partial charge in [0.25, 0.3) is 0 Å². The lowest BCUT2D eigenvalue weighted by atomic mass is 10.2. The first-order valence-corrected chi connectivity index (χ1v) is 8.02. The molecule has 0 spiro atoms. The summed E-state index contributed by atoms with van der Waals surface area (Å²) in [7, 11) is 0. The predicted molar refractivity (Wildman–Crippen MR) is 94.9 cm³/mol. The van der Waals surface area contributed by atoms with Gasteiger partial charge < -0.3 is 14.9 Å². The topological polar surface area (TPSA) is 62.7 Å². The number of hydrogen-bond donors (Lipinski definition) is 2. The van der Waals surface area contributed by atoms with Crippen molar-refractivity contribution >= 4 is 39.4 Å². The molecule has 6 heteroatoms.